The largest absolute Gasteiger partial charge is 0.352 e. The van der Waals surface area contributed by atoms with Crippen molar-refractivity contribution in [2.24, 2.45) is 5.73 Å². The fraction of sp³-hybridized carbons (Fsp3) is 0.211. The van der Waals surface area contributed by atoms with Crippen LogP contribution in [0.5, 0.6) is 0 Å². The molecule has 0 saturated carbocycles. The third kappa shape index (κ3) is 2.93. The zero-order valence-electron chi connectivity index (χ0n) is 14.5. The van der Waals surface area contributed by atoms with E-state index in [1.54, 1.807) is 10.7 Å². The first-order valence-corrected chi connectivity index (χ1v) is 8.54. The molecule has 7 heteroatoms. The second-order valence-corrected chi connectivity index (χ2v) is 6.26. The quantitative estimate of drug-likeness (QED) is 0.575. The molecule has 0 atom stereocenters. The summed E-state index contributed by atoms with van der Waals surface area (Å²) < 4.78 is 3.73. The predicted molar refractivity (Wildman–Crippen MR) is 99.0 cm³/mol. The molecule has 0 aliphatic heterocycles. The molecule has 0 bridgehead atoms. The van der Waals surface area contributed by atoms with Crippen molar-refractivity contribution in [2.45, 2.75) is 19.9 Å². The van der Waals surface area contributed by atoms with Gasteiger partial charge in [-0.25, -0.2) is 9.50 Å². The van der Waals surface area contributed by atoms with E-state index in [1.165, 1.54) is 0 Å². The van der Waals surface area contributed by atoms with Crippen molar-refractivity contribution in [1.29, 1.82) is 0 Å². The van der Waals surface area contributed by atoms with E-state index in [0.29, 0.717) is 25.1 Å². The first kappa shape index (κ1) is 16.3. The van der Waals surface area contributed by atoms with Gasteiger partial charge in [-0.15, -0.1) is 0 Å². The van der Waals surface area contributed by atoms with Crippen LogP contribution in [0.25, 0.3) is 11.2 Å². The summed E-state index contributed by atoms with van der Waals surface area (Å²) in [6.45, 7) is 2.98. The third-order valence-corrected chi connectivity index (χ3v) is 4.48. The molecule has 0 aliphatic carbocycles. The van der Waals surface area contributed by atoms with E-state index < -0.39 is 0 Å². The molecule has 0 unspecified atom stereocenters. The van der Waals surface area contributed by atoms with E-state index in [1.807, 2.05) is 49.6 Å². The fourth-order valence-corrected chi connectivity index (χ4v) is 3.04. The smallest absolute Gasteiger partial charge is 0.255 e. The molecule has 4 aromatic rings. The number of fused-ring (bicyclic) bond motifs is 2. The SMILES string of the molecule is Cc1cccc2nc(CCNC(=O)c3cnn4ccc(CN)cc34)cn12. The molecule has 3 N–H and O–H groups in total. The van der Waals surface area contributed by atoms with E-state index in [2.05, 4.69) is 19.8 Å². The third-order valence-electron chi connectivity index (χ3n) is 4.48. The van der Waals surface area contributed by atoms with Crippen molar-refractivity contribution in [3.05, 3.63) is 71.4 Å². The van der Waals surface area contributed by atoms with Crippen LogP contribution < -0.4 is 11.1 Å². The lowest BCUT2D eigenvalue weighted by atomic mass is 10.2. The minimum absolute atomic E-state index is 0.144. The van der Waals surface area contributed by atoms with Crippen molar-refractivity contribution in [3.8, 4) is 0 Å². The van der Waals surface area contributed by atoms with Crippen molar-refractivity contribution < 1.29 is 4.79 Å². The molecule has 0 fully saturated rings. The Balaban J connectivity index is 1.46. The second-order valence-electron chi connectivity index (χ2n) is 6.26. The van der Waals surface area contributed by atoms with Crippen LogP contribution in [0, 0.1) is 6.92 Å². The molecule has 26 heavy (non-hydrogen) atoms. The summed E-state index contributed by atoms with van der Waals surface area (Å²) in [5, 5.41) is 7.17. The highest BCUT2D eigenvalue weighted by atomic mass is 16.1. The normalized spacial score (nSPS) is 11.3. The van der Waals surface area contributed by atoms with Crippen LogP contribution in [0.4, 0.5) is 0 Å². The lowest BCUT2D eigenvalue weighted by Crippen LogP contribution is -2.25. The van der Waals surface area contributed by atoms with Crippen LogP contribution in [0.15, 0.2) is 48.9 Å². The molecule has 1 amide bonds. The number of imidazole rings is 1. The average molecular weight is 348 g/mol. The summed E-state index contributed by atoms with van der Waals surface area (Å²) in [6, 6.07) is 9.80. The minimum atomic E-state index is -0.144. The summed E-state index contributed by atoms with van der Waals surface area (Å²) >= 11 is 0. The Kier molecular flexibility index (Phi) is 4.14. The van der Waals surface area contributed by atoms with Gasteiger partial charge in [0.2, 0.25) is 0 Å². The lowest BCUT2D eigenvalue weighted by molar-refractivity contribution is 0.0955. The summed E-state index contributed by atoms with van der Waals surface area (Å²) in [6.07, 6.45) is 6.08. The molecule has 132 valence electrons. The zero-order chi connectivity index (χ0) is 18.1. The van der Waals surface area contributed by atoms with Crippen LogP contribution >= 0.6 is 0 Å². The molecule has 0 aliphatic rings. The molecule has 0 saturated heterocycles. The molecule has 4 aromatic heterocycles. The van der Waals surface area contributed by atoms with E-state index in [4.69, 9.17) is 5.73 Å². The van der Waals surface area contributed by atoms with Gasteiger partial charge in [-0.3, -0.25) is 4.79 Å². The highest BCUT2D eigenvalue weighted by Crippen LogP contribution is 2.13. The van der Waals surface area contributed by atoms with Gasteiger partial charge in [-0.05, 0) is 36.8 Å². The van der Waals surface area contributed by atoms with E-state index in [-0.39, 0.29) is 5.91 Å². The maximum atomic E-state index is 12.5. The van der Waals surface area contributed by atoms with E-state index in [0.717, 1.165) is 28.1 Å². The van der Waals surface area contributed by atoms with Crippen LogP contribution in [0.1, 0.15) is 27.3 Å². The monoisotopic (exact) mass is 348 g/mol. The zero-order valence-corrected chi connectivity index (χ0v) is 14.5. The van der Waals surface area contributed by atoms with Crippen LogP contribution in [0.3, 0.4) is 0 Å². The average Bonchev–Trinajstić information content (AvgIpc) is 3.25. The number of hydrogen-bond donors (Lipinski definition) is 2. The van der Waals surface area contributed by atoms with E-state index in [9.17, 15) is 4.79 Å². The van der Waals surface area contributed by atoms with Crippen LogP contribution in [-0.2, 0) is 13.0 Å². The number of aromatic nitrogens is 4. The van der Waals surface area contributed by atoms with Gasteiger partial charge in [0.05, 0.1) is 23.0 Å². The Bertz CT molecular complexity index is 1090. The summed E-state index contributed by atoms with van der Waals surface area (Å²) in [7, 11) is 0. The van der Waals surface area contributed by atoms with Gasteiger partial charge in [-0.2, -0.15) is 5.10 Å². The molecular formula is C19H20N6O. The Labute approximate surface area is 150 Å². The standard InChI is InChI=1S/C19H20N6O/c1-13-3-2-4-18-23-15(12-24(13)18)5-7-21-19(26)16-11-22-25-8-6-14(10-20)9-17(16)25/h2-4,6,8-9,11-12H,5,7,10,20H2,1H3,(H,21,26). The first-order valence-electron chi connectivity index (χ1n) is 8.54. The summed E-state index contributed by atoms with van der Waals surface area (Å²) in [4.78, 5) is 17.1. The van der Waals surface area contributed by atoms with Crippen molar-refractivity contribution in [3.63, 3.8) is 0 Å². The van der Waals surface area contributed by atoms with Gasteiger partial charge in [0.1, 0.15) is 5.65 Å². The number of nitrogens with two attached hydrogens (primary N) is 1. The molecule has 0 radical (unpaired) electrons. The molecule has 7 nitrogen and oxygen atoms in total. The Hall–Kier alpha value is -3.19. The molecular weight excluding hydrogens is 328 g/mol. The number of carbonyl (C=O) groups is 1. The number of rotatable bonds is 5. The van der Waals surface area contributed by atoms with E-state index >= 15 is 0 Å². The van der Waals surface area contributed by atoms with Gasteiger partial charge in [0.15, 0.2) is 0 Å². The summed E-state index contributed by atoms with van der Waals surface area (Å²) in [5.74, 6) is -0.144. The Morgan fingerprint density at radius 2 is 2.19 bits per heavy atom. The summed E-state index contributed by atoms with van der Waals surface area (Å²) in [5.41, 5.74) is 11.0. The van der Waals surface area contributed by atoms with Crippen LogP contribution in [-0.4, -0.2) is 31.5 Å². The maximum Gasteiger partial charge on any atom is 0.255 e. The minimum Gasteiger partial charge on any atom is -0.352 e. The van der Waals surface area contributed by atoms with Gasteiger partial charge in [0.25, 0.3) is 5.91 Å². The maximum absolute atomic E-state index is 12.5. The predicted octanol–water partition coefficient (Wildman–Crippen LogP) is 1.72. The highest BCUT2D eigenvalue weighted by Gasteiger charge is 2.13. The van der Waals surface area contributed by atoms with Crippen molar-refractivity contribution >= 4 is 17.1 Å². The van der Waals surface area contributed by atoms with Crippen molar-refractivity contribution in [1.82, 2.24) is 24.3 Å². The number of pyridine rings is 2. The Morgan fingerprint density at radius 3 is 3.00 bits per heavy atom. The number of nitrogens with zero attached hydrogens (tertiary/aromatic N) is 4. The fourth-order valence-electron chi connectivity index (χ4n) is 3.04. The first-order chi connectivity index (χ1) is 12.7. The van der Waals surface area contributed by atoms with Gasteiger partial charge < -0.3 is 15.5 Å². The van der Waals surface area contributed by atoms with Gasteiger partial charge in [-0.1, -0.05) is 6.07 Å². The molecule has 4 rings (SSSR count). The number of amides is 1. The number of hydrogen-bond acceptors (Lipinski definition) is 4. The molecule has 0 spiro atoms. The molecule has 0 aromatic carbocycles. The highest BCUT2D eigenvalue weighted by molar-refractivity contribution is 6.00. The number of carbonyl (C=O) groups excluding carboxylic acids is 1. The topological polar surface area (TPSA) is 89.7 Å². The number of nitrogens with one attached hydrogen (secondary N) is 1. The van der Waals surface area contributed by atoms with Gasteiger partial charge in [0, 0.05) is 37.6 Å². The van der Waals surface area contributed by atoms with Crippen LogP contribution in [0.2, 0.25) is 0 Å². The molecule has 4 heterocycles. The Morgan fingerprint density at radius 1 is 1.31 bits per heavy atom. The second kappa shape index (κ2) is 6.61. The number of aryl methyl sites for hydroxylation is 1. The lowest BCUT2D eigenvalue weighted by Gasteiger charge is -2.04. The van der Waals surface area contributed by atoms with Gasteiger partial charge >= 0.3 is 0 Å². The van der Waals surface area contributed by atoms with Crippen molar-refractivity contribution in [2.75, 3.05) is 6.54 Å².